The van der Waals surface area contributed by atoms with Crippen molar-refractivity contribution in [3.63, 3.8) is 0 Å². The van der Waals surface area contributed by atoms with E-state index in [-0.39, 0.29) is 25.0 Å². The lowest BCUT2D eigenvalue weighted by molar-refractivity contribution is -0.148. The van der Waals surface area contributed by atoms with Crippen LogP contribution in [0.4, 0.5) is 4.79 Å². The number of benzene rings is 3. The average molecular weight is 573 g/mol. The van der Waals surface area contributed by atoms with Crippen LogP contribution in [0.2, 0.25) is 0 Å². The van der Waals surface area contributed by atoms with E-state index in [9.17, 15) is 24.3 Å². The van der Waals surface area contributed by atoms with Crippen molar-refractivity contribution in [1.82, 2.24) is 10.6 Å². The summed E-state index contributed by atoms with van der Waals surface area (Å²) in [5.74, 6) is -3.78. The van der Waals surface area contributed by atoms with Gasteiger partial charge in [-0.3, -0.25) is 14.4 Å². The van der Waals surface area contributed by atoms with Gasteiger partial charge in [-0.25, -0.2) is 4.79 Å². The van der Waals surface area contributed by atoms with Crippen LogP contribution in [0.5, 0.6) is 0 Å². The molecule has 3 aromatic carbocycles. The SMILES string of the molecule is CC(C)C(C(=O)O)C(C)NC(=O)[C@H](CC(=O)OCc1ccccc1)NC(=O)OCC1c2ccccc2-c2ccccc21. The molecule has 0 fully saturated rings. The van der Waals surface area contributed by atoms with Crippen LogP contribution in [0.25, 0.3) is 11.1 Å². The summed E-state index contributed by atoms with van der Waals surface area (Å²) in [6.07, 6.45) is -1.34. The number of hydrogen-bond acceptors (Lipinski definition) is 6. The first-order valence-corrected chi connectivity index (χ1v) is 14.0. The van der Waals surface area contributed by atoms with Gasteiger partial charge in [-0.2, -0.15) is 0 Å². The van der Waals surface area contributed by atoms with E-state index in [1.54, 1.807) is 32.9 Å². The van der Waals surface area contributed by atoms with Gasteiger partial charge in [0, 0.05) is 12.0 Å². The first kappa shape index (κ1) is 30.3. The van der Waals surface area contributed by atoms with E-state index in [1.165, 1.54) is 0 Å². The van der Waals surface area contributed by atoms with Gasteiger partial charge in [-0.1, -0.05) is 92.7 Å². The molecule has 0 saturated heterocycles. The quantitative estimate of drug-likeness (QED) is 0.264. The number of carboxylic acid groups (broad SMARTS) is 1. The summed E-state index contributed by atoms with van der Waals surface area (Å²) >= 11 is 0. The largest absolute Gasteiger partial charge is 0.481 e. The second-order valence-corrected chi connectivity index (χ2v) is 10.8. The molecule has 0 aliphatic heterocycles. The van der Waals surface area contributed by atoms with E-state index in [4.69, 9.17) is 9.47 Å². The highest BCUT2D eigenvalue weighted by Crippen LogP contribution is 2.44. The Morgan fingerprint density at radius 1 is 0.786 bits per heavy atom. The smallest absolute Gasteiger partial charge is 0.407 e. The highest BCUT2D eigenvalue weighted by Gasteiger charge is 2.33. The van der Waals surface area contributed by atoms with Crippen LogP contribution in [0.1, 0.15) is 49.8 Å². The predicted octanol–water partition coefficient (Wildman–Crippen LogP) is 4.89. The van der Waals surface area contributed by atoms with E-state index < -0.39 is 48.4 Å². The summed E-state index contributed by atoms with van der Waals surface area (Å²) in [7, 11) is 0. The fourth-order valence-corrected chi connectivity index (χ4v) is 5.45. The number of nitrogens with one attached hydrogen (secondary N) is 2. The first-order valence-electron chi connectivity index (χ1n) is 14.0. The molecule has 3 aromatic rings. The maximum Gasteiger partial charge on any atom is 0.407 e. The Bertz CT molecular complexity index is 1380. The van der Waals surface area contributed by atoms with Crippen LogP contribution in [0, 0.1) is 11.8 Å². The minimum atomic E-state index is -1.34. The second kappa shape index (κ2) is 13.8. The van der Waals surface area contributed by atoms with Crippen molar-refractivity contribution >= 4 is 23.9 Å². The molecule has 0 aromatic heterocycles. The maximum absolute atomic E-state index is 13.3. The second-order valence-electron chi connectivity index (χ2n) is 10.8. The standard InChI is InChI=1S/C33H36N2O7/c1-20(2)30(32(38)39)21(3)34-31(37)28(17-29(36)41-18-22-11-5-4-6-12-22)35-33(40)42-19-27-25-15-9-7-13-23(25)24-14-8-10-16-26(24)27/h4-16,20-21,27-28,30H,17-19H2,1-3H3,(H,34,37)(H,35,40)(H,38,39)/t21?,28-,30?/m0/s1. The molecule has 2 unspecified atom stereocenters. The highest BCUT2D eigenvalue weighted by atomic mass is 16.5. The molecule has 0 spiro atoms. The number of esters is 1. The molecule has 3 atom stereocenters. The lowest BCUT2D eigenvalue weighted by Gasteiger charge is -2.26. The van der Waals surface area contributed by atoms with Gasteiger partial charge in [0.05, 0.1) is 12.3 Å². The monoisotopic (exact) mass is 572 g/mol. The Kier molecular flexibility index (Phi) is 9.96. The third-order valence-corrected chi connectivity index (χ3v) is 7.48. The minimum absolute atomic E-state index is 0.00377. The molecule has 9 nitrogen and oxygen atoms in total. The van der Waals surface area contributed by atoms with Gasteiger partial charge < -0.3 is 25.2 Å². The third kappa shape index (κ3) is 7.34. The highest BCUT2D eigenvalue weighted by molar-refractivity contribution is 5.90. The van der Waals surface area contributed by atoms with Crippen molar-refractivity contribution in [3.8, 4) is 11.1 Å². The number of fused-ring (bicyclic) bond motifs is 3. The zero-order valence-electron chi connectivity index (χ0n) is 23.9. The number of rotatable bonds is 12. The van der Waals surface area contributed by atoms with E-state index >= 15 is 0 Å². The van der Waals surface area contributed by atoms with Gasteiger partial charge in [0.15, 0.2) is 0 Å². The molecule has 0 saturated carbocycles. The van der Waals surface area contributed by atoms with E-state index in [0.717, 1.165) is 27.8 Å². The van der Waals surface area contributed by atoms with Crippen LogP contribution in [0.3, 0.4) is 0 Å². The maximum atomic E-state index is 13.3. The molecule has 220 valence electrons. The van der Waals surface area contributed by atoms with Crippen LogP contribution in [-0.4, -0.2) is 47.7 Å². The summed E-state index contributed by atoms with van der Waals surface area (Å²) in [6.45, 7) is 5.10. The Morgan fingerprint density at radius 2 is 1.36 bits per heavy atom. The molecular formula is C33H36N2O7. The van der Waals surface area contributed by atoms with Gasteiger partial charge in [0.2, 0.25) is 5.91 Å². The molecule has 4 rings (SSSR count). The minimum Gasteiger partial charge on any atom is -0.481 e. The zero-order valence-corrected chi connectivity index (χ0v) is 23.9. The Balaban J connectivity index is 1.44. The Morgan fingerprint density at radius 3 is 1.93 bits per heavy atom. The van der Waals surface area contributed by atoms with Crippen LogP contribution in [-0.2, 0) is 30.5 Å². The van der Waals surface area contributed by atoms with E-state index in [0.29, 0.717) is 0 Å². The summed E-state index contributed by atoms with van der Waals surface area (Å²) in [5.41, 5.74) is 4.99. The summed E-state index contributed by atoms with van der Waals surface area (Å²) < 4.78 is 10.9. The van der Waals surface area contributed by atoms with Gasteiger partial charge in [-0.15, -0.1) is 0 Å². The number of ether oxygens (including phenoxy) is 2. The zero-order chi connectivity index (χ0) is 30.2. The molecule has 9 heteroatoms. The number of aliphatic carboxylic acids is 1. The normalized spacial score (nSPS) is 14.2. The van der Waals surface area contributed by atoms with Gasteiger partial charge in [-0.05, 0) is 40.7 Å². The molecule has 1 aliphatic rings. The molecule has 0 heterocycles. The van der Waals surface area contributed by atoms with Crippen molar-refractivity contribution < 1.29 is 33.8 Å². The fourth-order valence-electron chi connectivity index (χ4n) is 5.45. The van der Waals surface area contributed by atoms with Gasteiger partial charge in [0.1, 0.15) is 19.3 Å². The van der Waals surface area contributed by atoms with Crippen molar-refractivity contribution in [2.75, 3.05) is 6.61 Å². The number of hydrogen-bond donors (Lipinski definition) is 3. The van der Waals surface area contributed by atoms with Crippen molar-refractivity contribution in [2.24, 2.45) is 11.8 Å². The number of carbonyl (C=O) groups is 4. The predicted molar refractivity (Wildman–Crippen MR) is 156 cm³/mol. The van der Waals surface area contributed by atoms with E-state index in [2.05, 4.69) is 10.6 Å². The van der Waals surface area contributed by atoms with Crippen molar-refractivity contribution in [1.29, 1.82) is 0 Å². The van der Waals surface area contributed by atoms with Crippen molar-refractivity contribution in [3.05, 3.63) is 95.6 Å². The molecule has 1 aliphatic carbocycles. The molecule has 0 radical (unpaired) electrons. The van der Waals surface area contributed by atoms with Crippen LogP contribution in [0.15, 0.2) is 78.9 Å². The Hall–Kier alpha value is -4.66. The molecule has 3 N–H and O–H groups in total. The number of amides is 2. The Labute approximate surface area is 245 Å². The fraction of sp³-hybridized carbons (Fsp3) is 0.333. The first-order chi connectivity index (χ1) is 20.2. The molecule has 42 heavy (non-hydrogen) atoms. The van der Waals surface area contributed by atoms with Gasteiger partial charge >= 0.3 is 18.0 Å². The summed E-state index contributed by atoms with van der Waals surface area (Å²) in [5, 5.41) is 14.8. The lowest BCUT2D eigenvalue weighted by Crippen LogP contribution is -2.53. The van der Waals surface area contributed by atoms with Crippen LogP contribution < -0.4 is 10.6 Å². The lowest BCUT2D eigenvalue weighted by atomic mass is 9.89. The molecular weight excluding hydrogens is 536 g/mol. The molecule has 2 amide bonds. The van der Waals surface area contributed by atoms with Crippen LogP contribution >= 0.6 is 0 Å². The summed E-state index contributed by atoms with van der Waals surface area (Å²) in [6, 6.07) is 22.8. The third-order valence-electron chi connectivity index (χ3n) is 7.48. The number of alkyl carbamates (subject to hydrolysis) is 1. The average Bonchev–Trinajstić information content (AvgIpc) is 3.28. The summed E-state index contributed by atoms with van der Waals surface area (Å²) in [4.78, 5) is 50.7. The number of carbonyl (C=O) groups excluding carboxylic acids is 3. The van der Waals surface area contributed by atoms with E-state index in [1.807, 2.05) is 66.7 Å². The molecule has 0 bridgehead atoms. The van der Waals surface area contributed by atoms with Gasteiger partial charge in [0.25, 0.3) is 0 Å². The van der Waals surface area contributed by atoms with Crippen molar-refractivity contribution in [2.45, 2.75) is 51.8 Å². The topological polar surface area (TPSA) is 131 Å². The number of carboxylic acids is 1.